The predicted octanol–water partition coefficient (Wildman–Crippen LogP) is 6.51. The van der Waals surface area contributed by atoms with E-state index in [0.29, 0.717) is 16.4 Å². The summed E-state index contributed by atoms with van der Waals surface area (Å²) in [6, 6.07) is 19.6. The van der Waals surface area contributed by atoms with Crippen LogP contribution in [0.1, 0.15) is 16.9 Å². The summed E-state index contributed by atoms with van der Waals surface area (Å²) in [5.41, 5.74) is -0.128. The van der Waals surface area contributed by atoms with Crippen molar-refractivity contribution in [2.24, 2.45) is 0 Å². The summed E-state index contributed by atoms with van der Waals surface area (Å²) < 4.78 is 43.6. The van der Waals surface area contributed by atoms with Gasteiger partial charge in [0.1, 0.15) is 5.76 Å². The van der Waals surface area contributed by atoms with Gasteiger partial charge in [0.15, 0.2) is 5.09 Å². The third-order valence-corrected chi connectivity index (χ3v) is 4.42. The fourth-order valence-electron chi connectivity index (χ4n) is 2.23. The molecule has 0 radical (unpaired) electrons. The number of hydrogen-bond acceptors (Lipinski definition) is 3. The maximum absolute atomic E-state index is 12.6. The molecular formula is C20H12F3NOS. The molecule has 3 rings (SSSR count). The Hall–Kier alpha value is -2.91. The van der Waals surface area contributed by atoms with Crippen LogP contribution in [0.25, 0.3) is 11.6 Å². The molecule has 26 heavy (non-hydrogen) atoms. The Morgan fingerprint density at radius 1 is 0.962 bits per heavy atom. The van der Waals surface area contributed by atoms with Gasteiger partial charge in [-0.1, -0.05) is 42.1 Å². The molecule has 0 atom stereocenters. The summed E-state index contributed by atoms with van der Waals surface area (Å²) in [7, 11) is 0. The molecule has 1 heterocycles. The van der Waals surface area contributed by atoms with E-state index in [0.717, 1.165) is 17.0 Å². The van der Waals surface area contributed by atoms with Crippen molar-refractivity contribution < 1.29 is 17.6 Å². The quantitative estimate of drug-likeness (QED) is 0.490. The zero-order chi connectivity index (χ0) is 18.6. The Kier molecular flexibility index (Phi) is 5.19. The molecule has 130 valence electrons. The molecule has 3 aromatic rings. The van der Waals surface area contributed by atoms with Gasteiger partial charge in [-0.2, -0.15) is 18.4 Å². The van der Waals surface area contributed by atoms with Crippen LogP contribution in [0.15, 0.2) is 81.1 Å². The summed E-state index contributed by atoms with van der Waals surface area (Å²) in [6.45, 7) is 0. The summed E-state index contributed by atoms with van der Waals surface area (Å²) in [5, 5.41) is 9.98. The predicted molar refractivity (Wildman–Crippen MR) is 94.2 cm³/mol. The van der Waals surface area contributed by atoms with Crippen molar-refractivity contribution >= 4 is 23.4 Å². The molecule has 2 aromatic carbocycles. The molecule has 6 heteroatoms. The van der Waals surface area contributed by atoms with Crippen molar-refractivity contribution in [2.75, 3.05) is 0 Å². The minimum Gasteiger partial charge on any atom is -0.450 e. The van der Waals surface area contributed by atoms with E-state index in [1.807, 2.05) is 36.4 Å². The Morgan fingerprint density at radius 3 is 2.27 bits per heavy atom. The molecule has 0 unspecified atom stereocenters. The lowest BCUT2D eigenvalue weighted by molar-refractivity contribution is -0.137. The first-order valence-electron chi connectivity index (χ1n) is 7.58. The number of furan rings is 1. The van der Waals surface area contributed by atoms with Crippen LogP contribution in [0, 0.1) is 11.3 Å². The molecule has 2 nitrogen and oxygen atoms in total. The fraction of sp³-hybridized carbons (Fsp3) is 0.0500. The summed E-state index contributed by atoms with van der Waals surface area (Å²) in [5.74, 6) is 0.458. The highest BCUT2D eigenvalue weighted by molar-refractivity contribution is 7.99. The molecule has 0 spiro atoms. The minimum atomic E-state index is -4.40. The van der Waals surface area contributed by atoms with Crippen molar-refractivity contribution in [2.45, 2.75) is 16.2 Å². The highest BCUT2D eigenvalue weighted by Gasteiger charge is 2.30. The first-order valence-corrected chi connectivity index (χ1v) is 8.39. The molecule has 0 aliphatic heterocycles. The van der Waals surface area contributed by atoms with Gasteiger partial charge in [0.25, 0.3) is 0 Å². The average Bonchev–Trinajstić information content (AvgIpc) is 3.07. The SMILES string of the molecule is N#CC(=Cc1ccc(Sc2ccccc2)o1)c1ccc(C(F)(F)F)cc1. The third kappa shape index (κ3) is 4.38. The Morgan fingerprint density at radius 2 is 1.65 bits per heavy atom. The van der Waals surface area contributed by atoms with E-state index in [-0.39, 0.29) is 5.57 Å². The second-order valence-electron chi connectivity index (χ2n) is 5.32. The summed E-state index contributed by atoms with van der Waals surface area (Å²) >= 11 is 1.44. The van der Waals surface area contributed by atoms with Gasteiger partial charge < -0.3 is 4.42 Å². The van der Waals surface area contributed by atoms with Crippen LogP contribution < -0.4 is 0 Å². The number of rotatable bonds is 4. The van der Waals surface area contributed by atoms with Crippen LogP contribution >= 0.6 is 11.8 Å². The van der Waals surface area contributed by atoms with E-state index in [2.05, 4.69) is 0 Å². The molecule has 1 aromatic heterocycles. The van der Waals surface area contributed by atoms with Crippen LogP contribution in [0.5, 0.6) is 0 Å². The van der Waals surface area contributed by atoms with Crippen LogP contribution in [-0.2, 0) is 6.18 Å². The molecule has 0 fully saturated rings. The highest BCUT2D eigenvalue weighted by atomic mass is 32.2. The molecule has 0 bridgehead atoms. The molecule has 0 N–H and O–H groups in total. The number of alkyl halides is 3. The Labute approximate surface area is 152 Å². The first-order chi connectivity index (χ1) is 12.5. The van der Waals surface area contributed by atoms with Gasteiger partial charge >= 0.3 is 6.18 Å². The standard InChI is InChI=1S/C20H12F3NOS/c21-20(22,23)16-8-6-14(7-9-16)15(13-24)12-17-10-11-19(25-17)26-18-4-2-1-3-5-18/h1-12H. The number of allylic oxidation sites excluding steroid dienone is 1. The number of hydrogen-bond donors (Lipinski definition) is 0. The maximum Gasteiger partial charge on any atom is 0.416 e. The molecule has 0 saturated heterocycles. The Bertz CT molecular complexity index is 951. The lowest BCUT2D eigenvalue weighted by Gasteiger charge is -2.06. The Balaban J connectivity index is 1.80. The van der Waals surface area contributed by atoms with E-state index < -0.39 is 11.7 Å². The molecular weight excluding hydrogens is 359 g/mol. The van der Waals surface area contributed by atoms with E-state index >= 15 is 0 Å². The monoisotopic (exact) mass is 371 g/mol. The normalized spacial score (nSPS) is 12.0. The largest absolute Gasteiger partial charge is 0.450 e. The van der Waals surface area contributed by atoms with Crippen LogP contribution in [0.2, 0.25) is 0 Å². The van der Waals surface area contributed by atoms with Crippen molar-refractivity contribution in [3.05, 3.63) is 83.6 Å². The lowest BCUT2D eigenvalue weighted by Crippen LogP contribution is -2.04. The molecule has 0 aliphatic rings. The minimum absolute atomic E-state index is 0.226. The van der Waals surface area contributed by atoms with Crippen LogP contribution in [0.4, 0.5) is 13.2 Å². The highest BCUT2D eigenvalue weighted by Crippen LogP contribution is 2.32. The maximum atomic E-state index is 12.6. The van der Waals surface area contributed by atoms with Gasteiger partial charge in [-0.25, -0.2) is 0 Å². The number of halogens is 3. The van der Waals surface area contributed by atoms with Crippen molar-refractivity contribution in [3.63, 3.8) is 0 Å². The van der Waals surface area contributed by atoms with Crippen LogP contribution in [-0.4, -0.2) is 0 Å². The van der Waals surface area contributed by atoms with Gasteiger partial charge in [-0.05, 0) is 48.0 Å². The lowest BCUT2D eigenvalue weighted by atomic mass is 10.0. The van der Waals surface area contributed by atoms with Crippen molar-refractivity contribution in [1.82, 2.24) is 0 Å². The average molecular weight is 371 g/mol. The molecule has 0 saturated carbocycles. The number of nitriles is 1. The van der Waals surface area contributed by atoms with Gasteiger partial charge in [-0.15, -0.1) is 0 Å². The van der Waals surface area contributed by atoms with E-state index in [9.17, 15) is 18.4 Å². The number of nitrogens with zero attached hydrogens (tertiary/aromatic N) is 1. The second-order valence-corrected chi connectivity index (χ2v) is 6.39. The molecule has 0 amide bonds. The van der Waals surface area contributed by atoms with E-state index in [1.165, 1.54) is 30.0 Å². The van der Waals surface area contributed by atoms with Gasteiger partial charge in [0.05, 0.1) is 17.2 Å². The van der Waals surface area contributed by atoms with Crippen LogP contribution in [0.3, 0.4) is 0 Å². The third-order valence-electron chi connectivity index (χ3n) is 3.49. The zero-order valence-electron chi connectivity index (χ0n) is 13.3. The van der Waals surface area contributed by atoms with E-state index in [4.69, 9.17) is 4.42 Å². The topological polar surface area (TPSA) is 36.9 Å². The van der Waals surface area contributed by atoms with Crippen molar-refractivity contribution in [3.8, 4) is 6.07 Å². The van der Waals surface area contributed by atoms with Crippen molar-refractivity contribution in [1.29, 1.82) is 5.26 Å². The van der Waals surface area contributed by atoms with Gasteiger partial charge in [0.2, 0.25) is 0 Å². The smallest absolute Gasteiger partial charge is 0.416 e. The fourth-order valence-corrected chi connectivity index (χ4v) is 3.03. The van der Waals surface area contributed by atoms with Gasteiger partial charge in [0, 0.05) is 4.90 Å². The summed E-state index contributed by atoms with van der Waals surface area (Å²) in [4.78, 5) is 1.01. The number of benzene rings is 2. The van der Waals surface area contributed by atoms with E-state index in [1.54, 1.807) is 12.1 Å². The first kappa shape index (κ1) is 17.9. The second kappa shape index (κ2) is 7.54. The molecule has 0 aliphatic carbocycles. The van der Waals surface area contributed by atoms with Gasteiger partial charge in [-0.3, -0.25) is 0 Å². The summed E-state index contributed by atoms with van der Waals surface area (Å²) in [6.07, 6.45) is -2.89. The zero-order valence-corrected chi connectivity index (χ0v) is 14.1.